The fourth-order valence-corrected chi connectivity index (χ4v) is 0.102. The highest BCUT2D eigenvalue weighted by molar-refractivity contribution is 7.79. The summed E-state index contributed by atoms with van der Waals surface area (Å²) in [4.78, 5) is 0. The first kappa shape index (κ1) is 4.61. The van der Waals surface area contributed by atoms with Gasteiger partial charge >= 0.3 is 0 Å². The van der Waals surface area contributed by atoms with Gasteiger partial charge in [-0.3, -0.25) is 0 Å². The summed E-state index contributed by atoms with van der Waals surface area (Å²) >= 11 is 4.29. The lowest BCUT2D eigenvalue weighted by molar-refractivity contribution is 2.33. The molecule has 0 heterocycles. The van der Waals surface area contributed by atoms with Gasteiger partial charge in [0, 0.05) is 11.9 Å². The molecule has 0 N–H and O–H groups in total. The van der Waals surface area contributed by atoms with Crippen LogP contribution < -0.4 is 0 Å². The van der Waals surface area contributed by atoms with E-state index in [1.54, 1.807) is 0 Å². The molecule has 24 valence electrons. The van der Waals surface area contributed by atoms with E-state index in [0.29, 0.717) is 0 Å². The predicted octanol–water partition coefficient (Wildman–Crippen LogP) is 1.01. The van der Waals surface area contributed by atoms with E-state index in [1.165, 1.54) is 11.4 Å². The van der Waals surface area contributed by atoms with Gasteiger partial charge in [-0.25, -0.2) is 0 Å². The maximum absolute atomic E-state index is 6.20. The number of hydrogen-bond donors (Lipinski definition) is 0. The molecule has 0 atom stereocenters. The summed E-state index contributed by atoms with van der Waals surface area (Å²) in [5.41, 5.74) is 1.98. The first-order valence-corrected chi connectivity index (χ1v) is 1.58. The Morgan fingerprint density at radius 1 is 1.80 bits per heavy atom. The third-order valence-electron chi connectivity index (χ3n) is 0.151. The van der Waals surface area contributed by atoms with Crippen molar-refractivity contribution in [2.45, 2.75) is 0 Å². The van der Waals surface area contributed by atoms with E-state index >= 15 is 0 Å². The predicted molar refractivity (Wildman–Crippen MR) is 25.0 cm³/mol. The van der Waals surface area contributed by atoms with Crippen molar-refractivity contribution in [1.29, 1.82) is 0 Å². The molecule has 1 heteroatoms. The van der Waals surface area contributed by atoms with Crippen LogP contribution in [-0.2, 0) is 0 Å². The van der Waals surface area contributed by atoms with Crippen LogP contribution in [0.1, 0.15) is 0 Å². The second-order valence-corrected chi connectivity index (χ2v) is 0.719. The summed E-state index contributed by atoms with van der Waals surface area (Å²) in [7, 11) is 0. The molecule has 0 rings (SSSR count). The third kappa shape index (κ3) is 3.61. The van der Waals surface area contributed by atoms with E-state index in [4.69, 9.17) is 6.58 Å². The van der Waals surface area contributed by atoms with Crippen molar-refractivity contribution in [1.82, 2.24) is 0 Å². The van der Waals surface area contributed by atoms with Gasteiger partial charge in [0.1, 0.15) is 0 Å². The Morgan fingerprint density at radius 2 is 2.40 bits per heavy atom. The molecule has 0 spiro atoms. The van der Waals surface area contributed by atoms with Crippen LogP contribution in [0, 0.1) is 6.58 Å². The number of thiocarbonyl (C=S) groups is 1. The number of rotatable bonds is 1. The van der Waals surface area contributed by atoms with E-state index in [0.717, 1.165) is 0 Å². The Hall–Kier alpha value is -0.390. The third-order valence-corrected chi connectivity index (χ3v) is 0.287. The second kappa shape index (κ2) is 3.61. The van der Waals surface area contributed by atoms with Crippen LogP contribution in [0.2, 0.25) is 0 Å². The van der Waals surface area contributed by atoms with Gasteiger partial charge in [0.05, 0.1) is 0 Å². The molecular weight excluding hydrogens is 80.1 g/mol. The fourth-order valence-electron chi connectivity index (χ4n) is 0.0340. The number of allylic oxidation sites excluding steroid dienone is 1. The minimum absolute atomic E-state index is 1.34. The van der Waals surface area contributed by atoms with Crippen molar-refractivity contribution < 1.29 is 0 Å². The van der Waals surface area contributed by atoms with Crippen LogP contribution in [0.5, 0.6) is 0 Å². The lowest BCUT2D eigenvalue weighted by atomic mass is 10.7. The maximum Gasteiger partial charge on any atom is 0.0491 e. The molecule has 0 saturated heterocycles. The zero-order valence-electron chi connectivity index (χ0n) is 2.56. The standard InChI is InChI=1S/C4H2S/c1-2-3-4-5/h3-4H. The molecule has 5 heavy (non-hydrogen) atoms. The van der Waals surface area contributed by atoms with Crippen LogP contribution in [-0.4, -0.2) is 5.37 Å². The molecule has 0 aliphatic rings. The van der Waals surface area contributed by atoms with Crippen LogP contribution in [0.4, 0.5) is 0 Å². The van der Waals surface area contributed by atoms with Crippen molar-refractivity contribution in [2.75, 3.05) is 0 Å². The van der Waals surface area contributed by atoms with E-state index in [1.807, 2.05) is 5.73 Å². The van der Waals surface area contributed by atoms with E-state index in [-0.39, 0.29) is 0 Å². The first-order chi connectivity index (χ1) is 2.41. The molecular formula is C4H2S. The molecule has 0 saturated carbocycles. The first-order valence-electron chi connectivity index (χ1n) is 1.11. The average Bonchev–Trinajstić information content (AvgIpc) is 1.41. The summed E-state index contributed by atoms with van der Waals surface area (Å²) in [5.74, 6) is 0. The SMILES string of the molecule is [C]=C=CC=S. The van der Waals surface area contributed by atoms with Gasteiger partial charge in [0.2, 0.25) is 0 Å². The molecule has 0 aromatic carbocycles. The lowest BCUT2D eigenvalue weighted by Gasteiger charge is -1.44. The molecule has 0 amide bonds. The highest BCUT2D eigenvalue weighted by Gasteiger charge is 1.39. The molecule has 2 radical (unpaired) electrons. The topological polar surface area (TPSA) is 0 Å². The quantitative estimate of drug-likeness (QED) is 0.258. The summed E-state index contributed by atoms with van der Waals surface area (Å²) in [6, 6.07) is 0. The van der Waals surface area contributed by atoms with Gasteiger partial charge in [-0.15, -0.1) is 5.73 Å². The highest BCUT2D eigenvalue weighted by Crippen LogP contribution is 1.50. The van der Waals surface area contributed by atoms with Gasteiger partial charge < -0.3 is 0 Å². The van der Waals surface area contributed by atoms with Gasteiger partial charge in [-0.05, 0) is 6.08 Å². The van der Waals surface area contributed by atoms with Crippen molar-refractivity contribution in [3.8, 4) is 0 Å². The summed E-state index contributed by atoms with van der Waals surface area (Å²) in [6.07, 6.45) is 1.36. The molecule has 0 aromatic heterocycles. The molecule has 0 aliphatic heterocycles. The fraction of sp³-hybridized carbons (Fsp3) is 0. The van der Waals surface area contributed by atoms with Crippen LogP contribution >= 0.6 is 12.2 Å². The maximum atomic E-state index is 6.20. The van der Waals surface area contributed by atoms with Gasteiger partial charge in [0.15, 0.2) is 0 Å². The van der Waals surface area contributed by atoms with Gasteiger partial charge in [-0.2, -0.15) is 0 Å². The summed E-state index contributed by atoms with van der Waals surface area (Å²) in [5, 5.41) is 1.34. The van der Waals surface area contributed by atoms with E-state index < -0.39 is 0 Å². The van der Waals surface area contributed by atoms with Crippen molar-refractivity contribution in [3.63, 3.8) is 0 Å². The second-order valence-electron chi connectivity index (χ2n) is 0.447. The van der Waals surface area contributed by atoms with Crippen LogP contribution in [0.25, 0.3) is 0 Å². The van der Waals surface area contributed by atoms with E-state index in [9.17, 15) is 0 Å². The Kier molecular flexibility index (Phi) is 3.33. The molecule has 0 aromatic rings. The van der Waals surface area contributed by atoms with Crippen LogP contribution in [0.15, 0.2) is 11.8 Å². The Bertz CT molecular complexity index is 67.7. The lowest BCUT2D eigenvalue weighted by Crippen LogP contribution is -1.40. The largest absolute Gasteiger partial charge is 0.109 e. The zero-order chi connectivity index (χ0) is 4.12. The Labute approximate surface area is 36.8 Å². The van der Waals surface area contributed by atoms with Crippen molar-refractivity contribution in [2.24, 2.45) is 0 Å². The Balaban J connectivity index is 3.31. The molecule has 0 bridgehead atoms. The van der Waals surface area contributed by atoms with E-state index in [2.05, 4.69) is 12.2 Å². The Morgan fingerprint density at radius 3 is 2.40 bits per heavy atom. The molecule has 0 nitrogen and oxygen atoms in total. The molecule has 0 unspecified atom stereocenters. The van der Waals surface area contributed by atoms with Crippen molar-refractivity contribution >= 4 is 17.6 Å². The summed E-state index contributed by atoms with van der Waals surface area (Å²) in [6.45, 7) is 6.20. The molecule has 0 fully saturated rings. The summed E-state index contributed by atoms with van der Waals surface area (Å²) < 4.78 is 0. The minimum atomic E-state index is 1.34. The van der Waals surface area contributed by atoms with Crippen molar-refractivity contribution in [3.05, 3.63) is 18.4 Å². The van der Waals surface area contributed by atoms with Crippen LogP contribution in [0.3, 0.4) is 0 Å². The normalized spacial score (nSPS) is 4.80. The molecule has 0 aliphatic carbocycles. The smallest absolute Gasteiger partial charge is 0.0491 e. The average molecular weight is 82.1 g/mol. The highest BCUT2D eigenvalue weighted by atomic mass is 32.1. The minimum Gasteiger partial charge on any atom is -0.109 e. The van der Waals surface area contributed by atoms with Gasteiger partial charge in [0.25, 0.3) is 0 Å². The monoisotopic (exact) mass is 82.0 g/mol. The van der Waals surface area contributed by atoms with Gasteiger partial charge in [-0.1, -0.05) is 12.2 Å². The zero-order valence-corrected chi connectivity index (χ0v) is 3.38. The number of hydrogen-bond acceptors (Lipinski definition) is 1.